The van der Waals surface area contributed by atoms with Crippen molar-refractivity contribution in [2.45, 2.75) is 71.1 Å². The van der Waals surface area contributed by atoms with Crippen LogP contribution >= 0.6 is 0 Å². The van der Waals surface area contributed by atoms with Crippen molar-refractivity contribution in [2.24, 2.45) is 0 Å². The van der Waals surface area contributed by atoms with Crippen molar-refractivity contribution in [3.8, 4) is 0 Å². The van der Waals surface area contributed by atoms with Gasteiger partial charge in [-0.2, -0.15) is 0 Å². The molecule has 0 unspecified atom stereocenters. The normalized spacial score (nSPS) is 11.3. The van der Waals surface area contributed by atoms with E-state index < -0.39 is 10.4 Å². The lowest BCUT2D eigenvalue weighted by molar-refractivity contribution is 0.143. The maximum absolute atomic E-state index is 10.2. The van der Waals surface area contributed by atoms with Crippen LogP contribution in [0.4, 0.5) is 0 Å². The summed E-state index contributed by atoms with van der Waals surface area (Å²) in [5.74, 6) is 0. The van der Waals surface area contributed by atoms with E-state index in [1.165, 1.54) is 38.5 Å². The van der Waals surface area contributed by atoms with Crippen molar-refractivity contribution < 1.29 is 21.9 Å². The number of unbranched alkanes of at least 4 members (excludes halogenated alkanes) is 9. The van der Waals surface area contributed by atoms with Crippen LogP contribution in [0.5, 0.6) is 0 Å². The summed E-state index contributed by atoms with van der Waals surface area (Å²) in [5.41, 5.74) is 0. The van der Waals surface area contributed by atoms with Gasteiger partial charge in [0.05, 0.1) is 6.61 Å². The fourth-order valence-corrected chi connectivity index (χ4v) is 2.35. The molecule has 0 aromatic heterocycles. The molecular formula is C14H33NO5S. The zero-order chi connectivity index (χ0) is 15.1. The highest BCUT2D eigenvalue weighted by atomic mass is 32.3. The molecule has 7 heteroatoms. The highest BCUT2D eigenvalue weighted by Gasteiger charge is 1.96. The highest BCUT2D eigenvalue weighted by Crippen LogP contribution is 2.10. The second-order valence-corrected chi connectivity index (χ2v) is 6.01. The topological polar surface area (TPSA) is 112 Å². The minimum Gasteiger partial charge on any atom is -0.726 e. The third kappa shape index (κ3) is 22.2. The van der Waals surface area contributed by atoms with Crippen LogP contribution in [0.1, 0.15) is 71.1 Å². The standard InChI is InChI=1S/C14H30O5S.H3N/c1-2-18-13-11-9-7-5-3-4-6-8-10-12-14-19-20(15,16)17;/h2-14H2,1H3,(H,15,16,17);1H3. The first-order chi connectivity index (χ1) is 9.56. The Balaban J connectivity index is 0. The Morgan fingerprint density at radius 1 is 0.762 bits per heavy atom. The summed E-state index contributed by atoms with van der Waals surface area (Å²) in [7, 11) is -4.50. The third-order valence-electron chi connectivity index (χ3n) is 3.11. The summed E-state index contributed by atoms with van der Waals surface area (Å²) in [6.45, 7) is 3.74. The van der Waals surface area contributed by atoms with Crippen LogP contribution in [-0.2, 0) is 19.3 Å². The largest absolute Gasteiger partial charge is 0.726 e. The molecule has 4 N–H and O–H groups in total. The van der Waals surface area contributed by atoms with Crippen LogP contribution in [0.15, 0.2) is 0 Å². The highest BCUT2D eigenvalue weighted by molar-refractivity contribution is 7.80. The molecule has 21 heavy (non-hydrogen) atoms. The number of quaternary nitrogens is 1. The van der Waals surface area contributed by atoms with Crippen LogP contribution in [0.25, 0.3) is 0 Å². The Bertz CT molecular complexity index is 296. The molecule has 130 valence electrons. The monoisotopic (exact) mass is 327 g/mol. The van der Waals surface area contributed by atoms with Crippen LogP contribution in [0, 0.1) is 0 Å². The van der Waals surface area contributed by atoms with Crippen molar-refractivity contribution in [1.82, 2.24) is 6.15 Å². The van der Waals surface area contributed by atoms with Gasteiger partial charge >= 0.3 is 0 Å². The number of rotatable bonds is 15. The predicted molar refractivity (Wildman–Crippen MR) is 84.3 cm³/mol. The lowest BCUT2D eigenvalue weighted by Gasteiger charge is -2.07. The van der Waals surface area contributed by atoms with Gasteiger partial charge in [0.15, 0.2) is 0 Å². The first-order valence-electron chi connectivity index (χ1n) is 7.74. The fraction of sp³-hybridized carbons (Fsp3) is 1.00. The summed E-state index contributed by atoms with van der Waals surface area (Å²) in [6.07, 6.45) is 11.3. The van der Waals surface area contributed by atoms with E-state index in [9.17, 15) is 13.0 Å². The van der Waals surface area contributed by atoms with Gasteiger partial charge in [-0.3, -0.25) is 4.18 Å². The van der Waals surface area contributed by atoms with Gasteiger partial charge in [-0.1, -0.05) is 51.4 Å². The molecule has 0 aliphatic rings. The van der Waals surface area contributed by atoms with E-state index >= 15 is 0 Å². The number of hydrogen-bond donors (Lipinski definition) is 1. The van der Waals surface area contributed by atoms with Crippen molar-refractivity contribution in [3.63, 3.8) is 0 Å². The predicted octanol–water partition coefficient (Wildman–Crippen LogP) is 3.78. The Kier molecular flexibility index (Phi) is 17.8. The molecule has 0 bridgehead atoms. The van der Waals surface area contributed by atoms with E-state index in [0.717, 1.165) is 32.5 Å². The maximum Gasteiger partial charge on any atom is 0.217 e. The Labute approximate surface area is 130 Å². The molecule has 0 rings (SSSR count). The minimum absolute atomic E-state index is 0. The molecule has 0 atom stereocenters. The first kappa shape index (κ1) is 23.1. The summed E-state index contributed by atoms with van der Waals surface area (Å²) in [4.78, 5) is 0. The van der Waals surface area contributed by atoms with Crippen LogP contribution < -0.4 is 6.15 Å². The smallest absolute Gasteiger partial charge is 0.217 e. The van der Waals surface area contributed by atoms with Crippen molar-refractivity contribution in [2.75, 3.05) is 19.8 Å². The van der Waals surface area contributed by atoms with Gasteiger partial charge in [0.2, 0.25) is 10.4 Å². The van der Waals surface area contributed by atoms with E-state index in [0.29, 0.717) is 6.42 Å². The number of ether oxygens (including phenoxy) is 1. The molecule has 0 aliphatic heterocycles. The summed E-state index contributed by atoms with van der Waals surface area (Å²) in [6, 6.07) is 0. The van der Waals surface area contributed by atoms with Crippen molar-refractivity contribution >= 4 is 10.4 Å². The molecule has 0 aromatic carbocycles. The van der Waals surface area contributed by atoms with Crippen molar-refractivity contribution in [1.29, 1.82) is 0 Å². The minimum atomic E-state index is -4.50. The van der Waals surface area contributed by atoms with E-state index in [-0.39, 0.29) is 12.8 Å². The molecule has 0 aliphatic carbocycles. The molecule has 0 radical (unpaired) electrons. The van der Waals surface area contributed by atoms with E-state index in [1.807, 2.05) is 6.92 Å². The summed E-state index contributed by atoms with van der Waals surface area (Å²) < 4.78 is 39.9. The fourth-order valence-electron chi connectivity index (χ4n) is 2.03. The molecule has 0 saturated heterocycles. The Morgan fingerprint density at radius 3 is 1.52 bits per heavy atom. The van der Waals surface area contributed by atoms with Crippen molar-refractivity contribution in [3.05, 3.63) is 0 Å². The molecule has 0 aromatic rings. The zero-order valence-electron chi connectivity index (χ0n) is 13.6. The number of hydrogen-bond acceptors (Lipinski definition) is 5. The van der Waals surface area contributed by atoms with Gasteiger partial charge in [0.1, 0.15) is 0 Å². The van der Waals surface area contributed by atoms with E-state index in [1.54, 1.807) is 0 Å². The van der Waals surface area contributed by atoms with Crippen LogP contribution in [0.2, 0.25) is 0 Å². The molecule has 6 nitrogen and oxygen atoms in total. The lowest BCUT2D eigenvalue weighted by atomic mass is 10.1. The second kappa shape index (κ2) is 16.2. The molecule has 0 saturated carbocycles. The molecule has 0 spiro atoms. The van der Waals surface area contributed by atoms with E-state index in [2.05, 4.69) is 4.18 Å². The Hall–Kier alpha value is -0.210. The van der Waals surface area contributed by atoms with Gasteiger partial charge in [-0.05, 0) is 19.8 Å². The van der Waals surface area contributed by atoms with Crippen LogP contribution in [-0.4, -0.2) is 32.8 Å². The zero-order valence-corrected chi connectivity index (χ0v) is 14.5. The molecular weight excluding hydrogens is 294 g/mol. The lowest BCUT2D eigenvalue weighted by Crippen LogP contribution is -2.05. The molecule has 0 heterocycles. The summed E-state index contributed by atoms with van der Waals surface area (Å²) >= 11 is 0. The van der Waals surface area contributed by atoms with Gasteiger partial charge < -0.3 is 15.4 Å². The van der Waals surface area contributed by atoms with Gasteiger partial charge in [-0.25, -0.2) is 8.42 Å². The first-order valence-corrected chi connectivity index (χ1v) is 9.07. The second-order valence-electron chi connectivity index (χ2n) is 4.96. The maximum atomic E-state index is 10.2. The van der Waals surface area contributed by atoms with Gasteiger partial charge in [-0.15, -0.1) is 0 Å². The van der Waals surface area contributed by atoms with E-state index in [4.69, 9.17) is 4.74 Å². The average Bonchev–Trinajstić information content (AvgIpc) is 2.38. The SMILES string of the molecule is CCOCCCCCCCCCCCCOS(=O)(=O)[O-].[NH4+]. The average molecular weight is 327 g/mol. The van der Waals surface area contributed by atoms with Gasteiger partial charge in [0, 0.05) is 13.2 Å². The summed E-state index contributed by atoms with van der Waals surface area (Å²) in [5, 5.41) is 0. The molecule has 0 amide bonds. The quantitative estimate of drug-likeness (QED) is 0.279. The molecule has 0 fully saturated rings. The van der Waals surface area contributed by atoms with Crippen LogP contribution in [0.3, 0.4) is 0 Å². The Morgan fingerprint density at radius 2 is 1.14 bits per heavy atom. The van der Waals surface area contributed by atoms with Gasteiger partial charge in [0.25, 0.3) is 0 Å². The third-order valence-corrected chi connectivity index (χ3v) is 3.57.